The first-order valence-corrected chi connectivity index (χ1v) is 9.09. The third-order valence-electron chi connectivity index (χ3n) is 3.92. The van der Waals surface area contributed by atoms with Crippen molar-refractivity contribution in [2.75, 3.05) is 33.4 Å². The maximum absolute atomic E-state index is 12.9. The van der Waals surface area contributed by atoms with Gasteiger partial charge in [0.25, 0.3) is 5.91 Å². The molecule has 0 saturated heterocycles. The maximum atomic E-state index is 12.9. The van der Waals surface area contributed by atoms with Crippen LogP contribution in [0.15, 0.2) is 18.2 Å². The van der Waals surface area contributed by atoms with Crippen molar-refractivity contribution >= 4 is 12.0 Å². The molecular weight excluding hydrogens is 348 g/mol. The molecular formula is C20H30N2O5. The molecule has 0 atom stereocenters. The van der Waals surface area contributed by atoms with Crippen LogP contribution in [-0.4, -0.2) is 55.9 Å². The number of carbonyl (C=O) groups excluding carboxylic acids is 2. The number of hydrogen-bond acceptors (Lipinski definition) is 5. The Morgan fingerprint density at radius 3 is 2.48 bits per heavy atom. The molecule has 27 heavy (non-hydrogen) atoms. The highest BCUT2D eigenvalue weighted by molar-refractivity contribution is 5.97. The molecule has 1 heterocycles. The zero-order chi connectivity index (χ0) is 20.2. The highest BCUT2D eigenvalue weighted by Gasteiger charge is 2.28. The lowest BCUT2D eigenvalue weighted by Crippen LogP contribution is -2.44. The minimum Gasteiger partial charge on any atom is -0.486 e. The molecule has 7 nitrogen and oxygen atoms in total. The van der Waals surface area contributed by atoms with Crippen LogP contribution in [0.3, 0.4) is 0 Å². The fourth-order valence-electron chi connectivity index (χ4n) is 2.84. The first-order chi connectivity index (χ1) is 12.5. The fourth-order valence-corrected chi connectivity index (χ4v) is 2.84. The predicted octanol–water partition coefficient (Wildman–Crippen LogP) is 3.08. The number of para-hydroxylation sites is 1. The van der Waals surface area contributed by atoms with Crippen LogP contribution in [-0.2, 0) is 4.74 Å². The van der Waals surface area contributed by atoms with Crippen molar-refractivity contribution in [2.24, 2.45) is 5.41 Å². The summed E-state index contributed by atoms with van der Waals surface area (Å²) in [5.74, 6) is 0.930. The number of benzene rings is 1. The van der Waals surface area contributed by atoms with Crippen LogP contribution in [0.2, 0.25) is 0 Å². The molecule has 1 aromatic carbocycles. The van der Waals surface area contributed by atoms with Crippen molar-refractivity contribution in [1.29, 1.82) is 0 Å². The number of carbonyl (C=O) groups is 2. The largest absolute Gasteiger partial charge is 0.486 e. The molecule has 0 bridgehead atoms. The van der Waals surface area contributed by atoms with E-state index >= 15 is 0 Å². The molecule has 0 fully saturated rings. The average Bonchev–Trinajstić information content (AvgIpc) is 2.57. The molecule has 7 heteroatoms. The van der Waals surface area contributed by atoms with Crippen LogP contribution in [0.25, 0.3) is 0 Å². The number of amides is 2. The van der Waals surface area contributed by atoms with E-state index in [-0.39, 0.29) is 11.3 Å². The van der Waals surface area contributed by atoms with Crippen LogP contribution in [0.5, 0.6) is 11.5 Å². The Morgan fingerprint density at radius 2 is 1.81 bits per heavy atom. The van der Waals surface area contributed by atoms with E-state index in [1.165, 1.54) is 0 Å². The smallest absolute Gasteiger partial charge is 0.407 e. The zero-order valence-electron chi connectivity index (χ0n) is 17.0. The Balaban J connectivity index is 1.98. The van der Waals surface area contributed by atoms with Gasteiger partial charge in [-0.2, -0.15) is 0 Å². The summed E-state index contributed by atoms with van der Waals surface area (Å²) >= 11 is 0. The van der Waals surface area contributed by atoms with Gasteiger partial charge in [0.15, 0.2) is 11.5 Å². The van der Waals surface area contributed by atoms with Gasteiger partial charge in [-0.15, -0.1) is 0 Å². The molecule has 2 amide bonds. The lowest BCUT2D eigenvalue weighted by molar-refractivity contribution is 0.0495. The third-order valence-corrected chi connectivity index (χ3v) is 3.92. The first-order valence-electron chi connectivity index (χ1n) is 9.09. The van der Waals surface area contributed by atoms with Gasteiger partial charge in [0, 0.05) is 20.1 Å². The van der Waals surface area contributed by atoms with Gasteiger partial charge in [0.05, 0.1) is 5.56 Å². The van der Waals surface area contributed by atoms with Gasteiger partial charge < -0.3 is 24.4 Å². The molecule has 1 aliphatic rings. The van der Waals surface area contributed by atoms with Crippen LogP contribution >= 0.6 is 0 Å². The molecule has 1 aromatic rings. The minimum absolute atomic E-state index is 0.150. The van der Waals surface area contributed by atoms with E-state index in [9.17, 15) is 9.59 Å². The quantitative estimate of drug-likeness (QED) is 0.852. The van der Waals surface area contributed by atoms with E-state index in [4.69, 9.17) is 14.2 Å². The summed E-state index contributed by atoms with van der Waals surface area (Å²) in [5, 5.41) is 2.77. The summed E-state index contributed by atoms with van der Waals surface area (Å²) in [5.41, 5.74) is -0.409. The number of fused-ring (bicyclic) bond motifs is 1. The Hall–Kier alpha value is -2.44. The molecule has 0 aliphatic carbocycles. The van der Waals surface area contributed by atoms with Crippen molar-refractivity contribution in [1.82, 2.24) is 10.2 Å². The Morgan fingerprint density at radius 1 is 1.15 bits per heavy atom. The van der Waals surface area contributed by atoms with Gasteiger partial charge >= 0.3 is 6.09 Å². The second-order valence-electron chi connectivity index (χ2n) is 8.51. The highest BCUT2D eigenvalue weighted by Crippen LogP contribution is 2.34. The van der Waals surface area contributed by atoms with E-state index in [2.05, 4.69) is 5.32 Å². The monoisotopic (exact) mass is 378 g/mol. The number of nitrogens with zero attached hydrogens (tertiary/aromatic N) is 1. The average molecular weight is 378 g/mol. The van der Waals surface area contributed by atoms with Gasteiger partial charge in [-0.1, -0.05) is 19.9 Å². The second kappa shape index (κ2) is 8.06. The van der Waals surface area contributed by atoms with Crippen molar-refractivity contribution in [3.63, 3.8) is 0 Å². The first kappa shape index (κ1) is 20.9. The molecule has 1 aliphatic heterocycles. The van der Waals surface area contributed by atoms with Gasteiger partial charge in [-0.05, 0) is 38.3 Å². The number of nitrogens with one attached hydrogen (secondary N) is 1. The van der Waals surface area contributed by atoms with Gasteiger partial charge in [-0.3, -0.25) is 4.79 Å². The summed E-state index contributed by atoms with van der Waals surface area (Å²) in [6, 6.07) is 5.31. The van der Waals surface area contributed by atoms with E-state index in [1.807, 2.05) is 34.6 Å². The van der Waals surface area contributed by atoms with Crippen molar-refractivity contribution in [2.45, 2.75) is 40.2 Å². The van der Waals surface area contributed by atoms with Crippen LogP contribution in [0.1, 0.15) is 45.0 Å². The minimum atomic E-state index is -0.546. The predicted molar refractivity (Wildman–Crippen MR) is 102 cm³/mol. The lowest BCUT2D eigenvalue weighted by atomic mass is 9.92. The Bertz CT molecular complexity index is 694. The summed E-state index contributed by atoms with van der Waals surface area (Å²) in [6.45, 7) is 11.1. The van der Waals surface area contributed by atoms with Gasteiger partial charge in [0.2, 0.25) is 0 Å². The SMILES string of the molecule is CN(CC(C)(C)CNC(=O)OC(C)(C)C)C(=O)c1cccc2c1OCCO2. The fraction of sp³-hybridized carbons (Fsp3) is 0.600. The van der Waals surface area contributed by atoms with E-state index in [0.717, 1.165) is 0 Å². The van der Waals surface area contributed by atoms with Crippen molar-refractivity contribution in [3.8, 4) is 11.5 Å². The zero-order valence-corrected chi connectivity index (χ0v) is 17.0. The molecule has 2 rings (SSSR count). The Labute approximate surface area is 161 Å². The maximum Gasteiger partial charge on any atom is 0.407 e. The topological polar surface area (TPSA) is 77.1 Å². The normalized spacial score (nSPS) is 13.7. The van der Waals surface area contributed by atoms with Crippen LogP contribution in [0, 0.1) is 5.41 Å². The number of alkyl carbamates (subject to hydrolysis) is 1. The number of ether oxygens (including phenoxy) is 3. The summed E-state index contributed by atoms with van der Waals surface area (Å²) in [7, 11) is 1.74. The van der Waals surface area contributed by atoms with Crippen molar-refractivity contribution in [3.05, 3.63) is 23.8 Å². The van der Waals surface area contributed by atoms with Gasteiger partial charge in [-0.25, -0.2) is 4.79 Å². The van der Waals surface area contributed by atoms with Crippen LogP contribution < -0.4 is 14.8 Å². The molecule has 1 N–H and O–H groups in total. The summed E-state index contributed by atoms with van der Waals surface area (Å²) in [4.78, 5) is 26.4. The van der Waals surface area contributed by atoms with E-state index in [1.54, 1.807) is 30.1 Å². The van der Waals surface area contributed by atoms with Crippen LogP contribution in [0.4, 0.5) is 4.79 Å². The second-order valence-corrected chi connectivity index (χ2v) is 8.51. The molecule has 0 saturated carbocycles. The highest BCUT2D eigenvalue weighted by atomic mass is 16.6. The Kier molecular flexibility index (Phi) is 6.23. The van der Waals surface area contributed by atoms with Crippen molar-refractivity contribution < 1.29 is 23.8 Å². The number of hydrogen-bond donors (Lipinski definition) is 1. The molecule has 0 spiro atoms. The molecule has 0 aromatic heterocycles. The van der Waals surface area contributed by atoms with E-state index in [0.29, 0.717) is 43.4 Å². The lowest BCUT2D eigenvalue weighted by Gasteiger charge is -2.31. The summed E-state index contributed by atoms with van der Waals surface area (Å²) in [6.07, 6.45) is -0.466. The standard InChI is InChI=1S/C20H30N2O5/c1-19(2,3)27-18(24)21-12-20(4,5)13-22(6)17(23)14-8-7-9-15-16(14)26-11-10-25-15/h7-9H,10-13H2,1-6H3,(H,21,24). The summed E-state index contributed by atoms with van der Waals surface area (Å²) < 4.78 is 16.4. The molecule has 150 valence electrons. The van der Waals surface area contributed by atoms with E-state index < -0.39 is 11.7 Å². The molecule has 0 unspecified atom stereocenters. The third kappa shape index (κ3) is 6.05. The number of rotatable bonds is 5. The van der Waals surface area contributed by atoms with Gasteiger partial charge in [0.1, 0.15) is 18.8 Å². The molecule has 0 radical (unpaired) electrons.